The Kier molecular flexibility index (Phi) is 7.13. The van der Waals surface area contributed by atoms with Crippen molar-refractivity contribution < 1.29 is 33.4 Å². The van der Waals surface area contributed by atoms with Crippen molar-refractivity contribution in [3.05, 3.63) is 64.6 Å². The predicted molar refractivity (Wildman–Crippen MR) is 139 cm³/mol. The number of aliphatic hydroxyl groups is 1. The van der Waals surface area contributed by atoms with Gasteiger partial charge < -0.3 is 29.7 Å². The highest BCUT2D eigenvalue weighted by molar-refractivity contribution is 7.60. The number of nitrogens with zero attached hydrogens (tertiary/aromatic N) is 2. The normalized spacial score (nSPS) is 21.7. The van der Waals surface area contributed by atoms with Crippen molar-refractivity contribution in [1.82, 2.24) is 14.8 Å². The maximum atomic E-state index is 14.3. The molecule has 0 radical (unpaired) electrons. The van der Waals surface area contributed by atoms with Crippen LogP contribution < -0.4 is 10.6 Å². The summed E-state index contributed by atoms with van der Waals surface area (Å²) in [6, 6.07) is 7.92. The number of amides is 2. The van der Waals surface area contributed by atoms with Crippen molar-refractivity contribution in [3.63, 3.8) is 0 Å². The number of rotatable bonds is 7. The van der Waals surface area contributed by atoms with E-state index in [0.29, 0.717) is 22.9 Å². The molecular weight excluding hydrogens is 536 g/mol. The molecule has 0 spiro atoms. The Bertz CT molecular complexity index is 1470. The molecule has 2 heterocycles. The van der Waals surface area contributed by atoms with Crippen LogP contribution in [0.4, 0.5) is 4.39 Å². The van der Waals surface area contributed by atoms with E-state index in [9.17, 15) is 33.4 Å². The van der Waals surface area contributed by atoms with Gasteiger partial charge in [0.25, 0.3) is 0 Å². The Balaban J connectivity index is 1.40. The molecule has 1 saturated heterocycles. The molecule has 0 bridgehead atoms. The van der Waals surface area contributed by atoms with Gasteiger partial charge >= 0.3 is 7.60 Å². The largest absolute Gasteiger partial charge is 0.389 e. The average Bonchev–Trinajstić information content (AvgIpc) is 3.33. The number of benzene rings is 2. The van der Waals surface area contributed by atoms with Crippen LogP contribution in [0.2, 0.25) is 5.02 Å². The molecule has 38 heavy (non-hydrogen) atoms. The molecule has 1 aliphatic heterocycles. The summed E-state index contributed by atoms with van der Waals surface area (Å²) in [7, 11) is -4.54. The van der Waals surface area contributed by atoms with Gasteiger partial charge in [0, 0.05) is 40.8 Å². The lowest BCUT2D eigenvalue weighted by Gasteiger charge is -2.37. The van der Waals surface area contributed by atoms with E-state index in [2.05, 4.69) is 5.32 Å². The van der Waals surface area contributed by atoms with Gasteiger partial charge in [-0.15, -0.1) is 0 Å². The van der Waals surface area contributed by atoms with Crippen molar-refractivity contribution >= 4 is 47.2 Å². The Morgan fingerprint density at radius 1 is 1.24 bits per heavy atom. The zero-order valence-corrected chi connectivity index (χ0v) is 22.2. The van der Waals surface area contributed by atoms with Crippen LogP contribution >= 0.6 is 19.2 Å². The molecule has 202 valence electrons. The van der Waals surface area contributed by atoms with Crippen molar-refractivity contribution in [2.24, 2.45) is 5.92 Å². The summed E-state index contributed by atoms with van der Waals surface area (Å²) in [5, 5.41) is 13.3. The fraction of sp³-hybridized carbons (Fsp3) is 0.385. The number of hydrogen-bond acceptors (Lipinski definition) is 4. The first-order valence-electron chi connectivity index (χ1n) is 12.3. The zero-order chi connectivity index (χ0) is 27.4. The number of carbonyl (C=O) groups is 2. The molecule has 1 unspecified atom stereocenters. The summed E-state index contributed by atoms with van der Waals surface area (Å²) in [6.07, 6.45) is 2.92. The van der Waals surface area contributed by atoms with E-state index in [1.807, 2.05) is 0 Å². The lowest BCUT2D eigenvalue weighted by atomic mass is 9.80. The van der Waals surface area contributed by atoms with Gasteiger partial charge in [-0.1, -0.05) is 29.8 Å². The summed E-state index contributed by atoms with van der Waals surface area (Å²) in [6.45, 7) is 1.33. The maximum Gasteiger partial charge on any atom is 0.356 e. The number of aliphatic hydroxyl groups excluding tert-OH is 1. The van der Waals surface area contributed by atoms with Gasteiger partial charge in [-0.05, 0) is 50.3 Å². The highest BCUT2D eigenvalue weighted by Gasteiger charge is 2.50. The van der Waals surface area contributed by atoms with E-state index in [1.54, 1.807) is 28.7 Å². The minimum absolute atomic E-state index is 0.0371. The highest BCUT2D eigenvalue weighted by Crippen LogP contribution is 2.44. The fourth-order valence-electron chi connectivity index (χ4n) is 5.58. The van der Waals surface area contributed by atoms with E-state index in [0.717, 1.165) is 12.8 Å². The Hall–Kier alpha value is -2.75. The molecule has 1 aliphatic carbocycles. The molecule has 2 aromatic carbocycles. The minimum atomic E-state index is -4.54. The van der Waals surface area contributed by atoms with Crippen LogP contribution in [0.25, 0.3) is 10.9 Å². The summed E-state index contributed by atoms with van der Waals surface area (Å²) in [5.74, 6) is -1.09. The number of carbonyl (C=O) groups excluding carboxylic acids is 2. The first kappa shape index (κ1) is 26.8. The second kappa shape index (κ2) is 10.1. The number of halogens is 2. The third kappa shape index (κ3) is 4.87. The molecule has 2 amide bonds. The first-order valence-corrected chi connectivity index (χ1v) is 14.3. The van der Waals surface area contributed by atoms with E-state index in [4.69, 9.17) is 11.6 Å². The molecule has 5 rings (SSSR count). The summed E-state index contributed by atoms with van der Waals surface area (Å²) in [5.41, 5.74) is 1.16. The predicted octanol–water partition coefficient (Wildman–Crippen LogP) is 2.99. The molecule has 4 N–H and O–H groups in total. The van der Waals surface area contributed by atoms with E-state index in [-0.39, 0.29) is 52.8 Å². The van der Waals surface area contributed by atoms with Crippen LogP contribution in [0.15, 0.2) is 42.6 Å². The van der Waals surface area contributed by atoms with Gasteiger partial charge in [-0.3, -0.25) is 14.2 Å². The van der Waals surface area contributed by atoms with Crippen LogP contribution in [-0.2, 0) is 27.2 Å². The highest BCUT2D eigenvalue weighted by atomic mass is 35.5. The van der Waals surface area contributed by atoms with Gasteiger partial charge in [-0.2, -0.15) is 0 Å². The first-order chi connectivity index (χ1) is 18.0. The number of aromatic nitrogens is 1. The molecule has 2 fully saturated rings. The molecule has 12 heteroatoms. The lowest BCUT2D eigenvalue weighted by molar-refractivity contribution is -0.142. The topological polar surface area (TPSA) is 132 Å². The van der Waals surface area contributed by atoms with Gasteiger partial charge in [0.05, 0.1) is 16.4 Å². The quantitative estimate of drug-likeness (QED) is 0.327. The van der Waals surface area contributed by atoms with Gasteiger partial charge in [-0.25, -0.2) is 4.39 Å². The second-order valence-electron chi connectivity index (χ2n) is 10.0. The summed E-state index contributed by atoms with van der Waals surface area (Å²) >= 11 is 5.84. The van der Waals surface area contributed by atoms with Gasteiger partial charge in [0.2, 0.25) is 11.8 Å². The number of fused-ring (bicyclic) bond motifs is 2. The van der Waals surface area contributed by atoms with E-state index >= 15 is 0 Å². The smallest absolute Gasteiger partial charge is 0.356 e. The molecule has 9 nitrogen and oxygen atoms in total. The Labute approximate surface area is 223 Å². The van der Waals surface area contributed by atoms with Crippen LogP contribution in [0.5, 0.6) is 0 Å². The SMILES string of the molecule is CC(O)c1cn(CC(=O)N2[C@@H]3CC[C@@H]3C[C@H]2C(=O)NCc2cccc(Cl)c2F)c2cc(P(=O)(O)O)ccc12. The van der Waals surface area contributed by atoms with Crippen molar-refractivity contribution in [1.29, 1.82) is 0 Å². The Morgan fingerprint density at radius 2 is 2.00 bits per heavy atom. The monoisotopic (exact) mass is 563 g/mol. The van der Waals surface area contributed by atoms with E-state index < -0.39 is 25.6 Å². The molecule has 1 aromatic heterocycles. The van der Waals surface area contributed by atoms with Crippen molar-refractivity contribution in [2.45, 2.75) is 57.5 Å². The zero-order valence-electron chi connectivity index (χ0n) is 20.6. The second-order valence-corrected chi connectivity index (χ2v) is 12.0. The lowest BCUT2D eigenvalue weighted by Crippen LogP contribution is -2.51. The summed E-state index contributed by atoms with van der Waals surface area (Å²) in [4.78, 5) is 47.7. The third-order valence-corrected chi connectivity index (χ3v) is 8.90. The fourth-order valence-corrected chi connectivity index (χ4v) is 6.34. The Morgan fingerprint density at radius 3 is 2.66 bits per heavy atom. The van der Waals surface area contributed by atoms with Crippen LogP contribution in [0, 0.1) is 11.7 Å². The van der Waals surface area contributed by atoms with Gasteiger partial charge in [0.1, 0.15) is 18.4 Å². The molecule has 4 atom stereocenters. The van der Waals surface area contributed by atoms with Crippen LogP contribution in [0.1, 0.15) is 43.4 Å². The minimum Gasteiger partial charge on any atom is -0.389 e. The van der Waals surface area contributed by atoms with Crippen LogP contribution in [0.3, 0.4) is 0 Å². The average molecular weight is 564 g/mol. The maximum absolute atomic E-state index is 14.3. The van der Waals surface area contributed by atoms with Gasteiger partial charge in [0.15, 0.2) is 0 Å². The third-order valence-electron chi connectivity index (χ3n) is 7.66. The number of hydrogen-bond donors (Lipinski definition) is 4. The molecule has 2 aliphatic rings. The molecule has 3 aromatic rings. The molecule has 1 saturated carbocycles. The molecular formula is C26H28ClFN3O6P. The van der Waals surface area contributed by atoms with E-state index in [1.165, 1.54) is 30.3 Å². The summed E-state index contributed by atoms with van der Waals surface area (Å²) < 4.78 is 27.7. The number of likely N-dealkylation sites (tertiary alicyclic amines) is 1. The van der Waals surface area contributed by atoms with Crippen LogP contribution in [-0.4, -0.2) is 48.3 Å². The van der Waals surface area contributed by atoms with Crippen molar-refractivity contribution in [2.75, 3.05) is 0 Å². The standard InChI is InChI=1S/C26H28ClFN3O6P/c1-14(32)19-12-30(22-10-17(38(35,36)37)6-7-18(19)22)13-24(33)31-21-8-5-15(21)9-23(31)26(34)29-11-16-3-2-4-20(27)25(16)28/h2-4,6-7,10,12,14-15,21,23,32H,5,8-9,11,13H2,1H3,(H,29,34)(H2,35,36,37)/t14?,15-,21-,23+/m1/s1. The number of nitrogens with one attached hydrogen (secondary N) is 1. The van der Waals surface area contributed by atoms with Crippen molar-refractivity contribution in [3.8, 4) is 0 Å².